The average Bonchev–Trinajstić information content (AvgIpc) is 2.67. The molecule has 0 aliphatic heterocycles. The van der Waals surface area contributed by atoms with Crippen molar-refractivity contribution in [1.82, 2.24) is 4.98 Å². The van der Waals surface area contributed by atoms with Crippen molar-refractivity contribution in [1.29, 1.82) is 0 Å². The van der Waals surface area contributed by atoms with Crippen LogP contribution in [0, 0.1) is 0 Å². The fourth-order valence-corrected chi connectivity index (χ4v) is 2.38. The highest BCUT2D eigenvalue weighted by Crippen LogP contribution is 2.27. The summed E-state index contributed by atoms with van der Waals surface area (Å²) in [5, 5.41) is 0. The lowest BCUT2D eigenvalue weighted by atomic mass is 10.0. The van der Waals surface area contributed by atoms with Gasteiger partial charge in [0, 0.05) is 17.8 Å². The number of nitrogens with zero attached hydrogens (tertiary/aromatic N) is 1. The molecule has 4 heteroatoms. The van der Waals surface area contributed by atoms with Crippen LogP contribution >= 0.6 is 0 Å². The molecule has 3 aromatic rings. The molecule has 0 saturated heterocycles. The molecule has 0 bridgehead atoms. The van der Waals surface area contributed by atoms with Crippen molar-refractivity contribution in [3.05, 3.63) is 78.0 Å². The largest absolute Gasteiger partial charge is 0.489 e. The summed E-state index contributed by atoms with van der Waals surface area (Å²) in [5.74, 6) is 1.17. The third-order valence-electron chi connectivity index (χ3n) is 3.59. The molecule has 0 aliphatic carbocycles. The van der Waals surface area contributed by atoms with Crippen molar-refractivity contribution >= 4 is 6.29 Å². The van der Waals surface area contributed by atoms with E-state index in [4.69, 9.17) is 9.47 Å². The van der Waals surface area contributed by atoms with Gasteiger partial charge in [0.1, 0.15) is 18.6 Å². The van der Waals surface area contributed by atoms with Crippen molar-refractivity contribution in [3.8, 4) is 22.8 Å². The summed E-state index contributed by atoms with van der Waals surface area (Å²) in [6.07, 6.45) is 2.49. The standard InChI is InChI=1S/C20H17NO3/c1-23-20-12-17(7-8-21-20)18-9-16(13-22)10-19(11-18)24-14-15-5-3-2-4-6-15/h2-13H,14H2,1H3. The third-order valence-corrected chi connectivity index (χ3v) is 3.59. The van der Waals surface area contributed by atoms with Gasteiger partial charge in [-0.25, -0.2) is 4.98 Å². The number of rotatable bonds is 6. The average molecular weight is 319 g/mol. The highest BCUT2D eigenvalue weighted by atomic mass is 16.5. The van der Waals surface area contributed by atoms with Crippen LogP contribution in [-0.2, 0) is 6.61 Å². The molecule has 0 atom stereocenters. The van der Waals surface area contributed by atoms with Gasteiger partial charge in [0.2, 0.25) is 5.88 Å². The molecule has 2 aromatic carbocycles. The van der Waals surface area contributed by atoms with Crippen LogP contribution in [0.15, 0.2) is 66.9 Å². The zero-order chi connectivity index (χ0) is 16.8. The molecule has 120 valence electrons. The number of ether oxygens (including phenoxy) is 2. The Hall–Kier alpha value is -3.14. The molecule has 0 spiro atoms. The number of aromatic nitrogens is 1. The Kier molecular flexibility index (Phi) is 4.87. The normalized spacial score (nSPS) is 10.2. The summed E-state index contributed by atoms with van der Waals surface area (Å²) in [5.41, 5.74) is 3.42. The quantitative estimate of drug-likeness (QED) is 0.640. The molecule has 3 rings (SSSR count). The maximum atomic E-state index is 11.2. The van der Waals surface area contributed by atoms with Gasteiger partial charge in [-0.05, 0) is 41.0 Å². The Morgan fingerprint density at radius 3 is 2.58 bits per heavy atom. The minimum Gasteiger partial charge on any atom is -0.489 e. The van der Waals surface area contributed by atoms with Crippen LogP contribution < -0.4 is 9.47 Å². The Morgan fingerprint density at radius 1 is 1.00 bits per heavy atom. The van der Waals surface area contributed by atoms with Crippen LogP contribution in [0.1, 0.15) is 15.9 Å². The van der Waals surface area contributed by atoms with E-state index in [9.17, 15) is 4.79 Å². The number of hydrogen-bond donors (Lipinski definition) is 0. The van der Waals surface area contributed by atoms with E-state index in [1.165, 1.54) is 0 Å². The van der Waals surface area contributed by atoms with Gasteiger partial charge in [0.15, 0.2) is 0 Å². The minimum absolute atomic E-state index is 0.447. The van der Waals surface area contributed by atoms with Gasteiger partial charge in [-0.15, -0.1) is 0 Å². The molecule has 24 heavy (non-hydrogen) atoms. The number of pyridine rings is 1. The second kappa shape index (κ2) is 7.42. The predicted molar refractivity (Wildman–Crippen MR) is 92.4 cm³/mol. The molecule has 0 fully saturated rings. The van der Waals surface area contributed by atoms with E-state index in [1.54, 1.807) is 19.4 Å². The van der Waals surface area contributed by atoms with E-state index in [-0.39, 0.29) is 0 Å². The number of aldehydes is 1. The van der Waals surface area contributed by atoms with Crippen molar-refractivity contribution in [2.24, 2.45) is 0 Å². The minimum atomic E-state index is 0.447. The lowest BCUT2D eigenvalue weighted by molar-refractivity contribution is 0.112. The van der Waals surface area contributed by atoms with Crippen LogP contribution in [0.4, 0.5) is 0 Å². The second-order valence-corrected chi connectivity index (χ2v) is 5.27. The molecular weight excluding hydrogens is 302 g/mol. The maximum absolute atomic E-state index is 11.2. The Bertz CT molecular complexity index is 831. The molecule has 1 heterocycles. The van der Waals surface area contributed by atoms with E-state index < -0.39 is 0 Å². The summed E-state index contributed by atoms with van der Waals surface area (Å²) >= 11 is 0. The van der Waals surface area contributed by atoms with Crippen molar-refractivity contribution in [2.75, 3.05) is 7.11 Å². The molecule has 0 radical (unpaired) electrons. The SMILES string of the molecule is COc1cc(-c2cc(C=O)cc(OCc3ccccc3)c2)ccn1. The zero-order valence-electron chi connectivity index (χ0n) is 13.3. The summed E-state index contributed by atoms with van der Waals surface area (Å²) < 4.78 is 11.0. The maximum Gasteiger partial charge on any atom is 0.213 e. The highest BCUT2D eigenvalue weighted by Gasteiger charge is 2.06. The van der Waals surface area contributed by atoms with E-state index in [1.807, 2.05) is 54.6 Å². The zero-order valence-corrected chi connectivity index (χ0v) is 13.3. The molecule has 0 N–H and O–H groups in total. The molecule has 0 saturated carbocycles. The van der Waals surface area contributed by atoms with Crippen molar-refractivity contribution in [2.45, 2.75) is 6.61 Å². The van der Waals surface area contributed by atoms with Crippen LogP contribution in [0.25, 0.3) is 11.1 Å². The molecule has 0 aliphatic rings. The second-order valence-electron chi connectivity index (χ2n) is 5.27. The summed E-state index contributed by atoms with van der Waals surface area (Å²) in [4.78, 5) is 15.3. The van der Waals surface area contributed by atoms with Gasteiger partial charge in [0.05, 0.1) is 7.11 Å². The molecule has 1 aromatic heterocycles. The van der Waals surface area contributed by atoms with Gasteiger partial charge >= 0.3 is 0 Å². The first-order chi connectivity index (χ1) is 11.8. The lowest BCUT2D eigenvalue weighted by Gasteiger charge is -2.10. The summed E-state index contributed by atoms with van der Waals surface area (Å²) in [7, 11) is 1.57. The van der Waals surface area contributed by atoms with E-state index in [0.29, 0.717) is 23.8 Å². The number of carbonyl (C=O) groups excluding carboxylic acids is 1. The Labute approximate surface area is 140 Å². The topological polar surface area (TPSA) is 48.4 Å². The fourth-order valence-electron chi connectivity index (χ4n) is 2.38. The third kappa shape index (κ3) is 3.79. The van der Waals surface area contributed by atoms with Crippen molar-refractivity contribution < 1.29 is 14.3 Å². The van der Waals surface area contributed by atoms with Crippen LogP contribution in [-0.4, -0.2) is 18.4 Å². The van der Waals surface area contributed by atoms with Gasteiger partial charge in [0.25, 0.3) is 0 Å². The smallest absolute Gasteiger partial charge is 0.213 e. The molecule has 4 nitrogen and oxygen atoms in total. The van der Waals surface area contributed by atoms with Gasteiger partial charge < -0.3 is 9.47 Å². The van der Waals surface area contributed by atoms with Gasteiger partial charge in [-0.3, -0.25) is 4.79 Å². The number of benzene rings is 2. The van der Waals surface area contributed by atoms with E-state index >= 15 is 0 Å². The summed E-state index contributed by atoms with van der Waals surface area (Å²) in [6, 6.07) is 19.0. The molecule has 0 amide bonds. The number of hydrogen-bond acceptors (Lipinski definition) is 4. The fraction of sp³-hybridized carbons (Fsp3) is 0.100. The number of methoxy groups -OCH3 is 1. The first-order valence-corrected chi connectivity index (χ1v) is 7.56. The summed E-state index contributed by atoms with van der Waals surface area (Å²) in [6.45, 7) is 0.447. The van der Waals surface area contributed by atoms with E-state index in [0.717, 1.165) is 23.0 Å². The highest BCUT2D eigenvalue weighted by molar-refractivity contribution is 5.80. The van der Waals surface area contributed by atoms with E-state index in [2.05, 4.69) is 4.98 Å². The molecule has 0 unspecified atom stereocenters. The van der Waals surface area contributed by atoms with Crippen LogP contribution in [0.3, 0.4) is 0 Å². The lowest BCUT2D eigenvalue weighted by Crippen LogP contribution is -1.96. The Morgan fingerprint density at radius 2 is 1.83 bits per heavy atom. The van der Waals surface area contributed by atoms with Crippen LogP contribution in [0.5, 0.6) is 11.6 Å². The van der Waals surface area contributed by atoms with Crippen LogP contribution in [0.2, 0.25) is 0 Å². The molecular formula is C20H17NO3. The van der Waals surface area contributed by atoms with Gasteiger partial charge in [-0.1, -0.05) is 30.3 Å². The monoisotopic (exact) mass is 319 g/mol. The first kappa shape index (κ1) is 15.7. The Balaban J connectivity index is 1.88. The number of carbonyl (C=O) groups is 1. The predicted octanol–water partition coefficient (Wildman–Crippen LogP) is 4.15. The van der Waals surface area contributed by atoms with Gasteiger partial charge in [-0.2, -0.15) is 0 Å². The first-order valence-electron chi connectivity index (χ1n) is 7.56. The van der Waals surface area contributed by atoms with Crippen molar-refractivity contribution in [3.63, 3.8) is 0 Å².